The molecule has 4 nitrogen and oxygen atoms in total. The molecule has 0 fully saturated rings. The molecule has 0 radical (unpaired) electrons. The Labute approximate surface area is 315 Å². The van der Waals surface area contributed by atoms with Gasteiger partial charge in [0.25, 0.3) is 0 Å². The first-order valence-electron chi connectivity index (χ1n) is 18.1. The smallest absolute Gasteiger partial charge is 0.238 e. The molecule has 0 saturated carbocycles. The summed E-state index contributed by atoms with van der Waals surface area (Å²) in [5.74, 6) is 1.86. The number of hydrogen-bond acceptors (Lipinski definition) is 4. The highest BCUT2D eigenvalue weighted by Gasteiger charge is 2.24. The molecule has 0 atom stereocenters. The van der Waals surface area contributed by atoms with Crippen molar-refractivity contribution < 1.29 is 0 Å². The van der Waals surface area contributed by atoms with Crippen molar-refractivity contribution in [2.75, 3.05) is 0 Å². The molecular weight excluding hydrogens is 677 g/mol. The second-order valence-corrected chi connectivity index (χ2v) is 14.7. The highest BCUT2D eigenvalue weighted by molar-refractivity contribution is 7.27. The van der Waals surface area contributed by atoms with Crippen LogP contribution >= 0.6 is 11.3 Å². The molecule has 0 aliphatic rings. The standard InChI is InChI=1S/C49H30N4S/c1-5-15-31(16-6-1)35-25-27-41-39(29-35)44-45(53(41)49-51-47(33-19-9-3-10-20-33)50-48(52-49)34-21-11-4-12-22-34)38-24-14-13-23-37(38)43-40-30-36(32-17-7-2-8-18-32)26-28-42(40)54-46(43)44/h1-30H. The zero-order valence-electron chi connectivity index (χ0n) is 29.0. The van der Waals surface area contributed by atoms with Gasteiger partial charge in [0, 0.05) is 47.5 Å². The predicted molar refractivity (Wildman–Crippen MR) is 226 cm³/mol. The normalized spacial score (nSPS) is 11.7. The molecule has 3 heterocycles. The van der Waals surface area contributed by atoms with E-state index in [1.807, 2.05) is 47.7 Å². The summed E-state index contributed by atoms with van der Waals surface area (Å²) < 4.78 is 4.81. The first-order chi connectivity index (χ1) is 26.8. The summed E-state index contributed by atoms with van der Waals surface area (Å²) in [6.45, 7) is 0. The van der Waals surface area contributed by atoms with E-state index in [1.54, 1.807) is 0 Å². The summed E-state index contributed by atoms with van der Waals surface area (Å²) in [6.07, 6.45) is 0. The lowest BCUT2D eigenvalue weighted by Gasteiger charge is -2.12. The van der Waals surface area contributed by atoms with Crippen molar-refractivity contribution in [2.45, 2.75) is 0 Å². The Morgan fingerprint density at radius 2 is 0.870 bits per heavy atom. The quantitative estimate of drug-likeness (QED) is 0.179. The van der Waals surface area contributed by atoms with Gasteiger partial charge < -0.3 is 0 Å². The molecule has 8 aromatic carbocycles. The second kappa shape index (κ2) is 12.3. The summed E-state index contributed by atoms with van der Waals surface area (Å²) >= 11 is 1.87. The number of aromatic nitrogens is 4. The topological polar surface area (TPSA) is 43.6 Å². The monoisotopic (exact) mass is 706 g/mol. The van der Waals surface area contributed by atoms with Crippen LogP contribution in [0, 0.1) is 0 Å². The molecule has 11 rings (SSSR count). The first-order valence-corrected chi connectivity index (χ1v) is 18.9. The summed E-state index contributed by atoms with van der Waals surface area (Å²) in [5.41, 5.74) is 8.80. The number of fused-ring (bicyclic) bond motifs is 10. The van der Waals surface area contributed by atoms with Crippen LogP contribution in [0.3, 0.4) is 0 Å². The van der Waals surface area contributed by atoms with Crippen LogP contribution in [0.2, 0.25) is 0 Å². The van der Waals surface area contributed by atoms with Crippen LogP contribution in [0.4, 0.5) is 0 Å². The van der Waals surface area contributed by atoms with Crippen molar-refractivity contribution in [3.8, 4) is 51.0 Å². The van der Waals surface area contributed by atoms with Gasteiger partial charge in [0.1, 0.15) is 0 Å². The lowest BCUT2D eigenvalue weighted by Crippen LogP contribution is -2.06. The minimum absolute atomic E-state index is 0.590. The van der Waals surface area contributed by atoms with Crippen molar-refractivity contribution in [1.82, 2.24) is 19.5 Å². The number of nitrogens with zero attached hydrogens (tertiary/aromatic N) is 4. The Morgan fingerprint density at radius 3 is 1.46 bits per heavy atom. The van der Waals surface area contributed by atoms with Crippen LogP contribution in [0.5, 0.6) is 0 Å². The maximum Gasteiger partial charge on any atom is 0.238 e. The fraction of sp³-hybridized carbons (Fsp3) is 0. The lowest BCUT2D eigenvalue weighted by atomic mass is 9.97. The third-order valence-corrected chi connectivity index (χ3v) is 11.6. The highest BCUT2D eigenvalue weighted by Crippen LogP contribution is 2.49. The van der Waals surface area contributed by atoms with E-state index in [-0.39, 0.29) is 0 Å². The molecule has 0 bridgehead atoms. The van der Waals surface area contributed by atoms with Crippen LogP contribution < -0.4 is 0 Å². The Kier molecular flexibility index (Phi) is 7.00. The molecule has 0 N–H and O–H groups in total. The van der Waals surface area contributed by atoms with Gasteiger partial charge in [-0.15, -0.1) is 11.3 Å². The zero-order chi connectivity index (χ0) is 35.6. The molecule has 11 aromatic rings. The van der Waals surface area contributed by atoms with Crippen molar-refractivity contribution in [1.29, 1.82) is 0 Å². The zero-order valence-corrected chi connectivity index (χ0v) is 29.8. The number of benzene rings is 8. The van der Waals surface area contributed by atoms with E-state index in [2.05, 4.69) is 150 Å². The van der Waals surface area contributed by atoms with E-state index >= 15 is 0 Å². The average molecular weight is 707 g/mol. The maximum atomic E-state index is 5.27. The van der Waals surface area contributed by atoms with Gasteiger partial charge >= 0.3 is 0 Å². The molecule has 54 heavy (non-hydrogen) atoms. The Bertz CT molecular complexity index is 3130. The van der Waals surface area contributed by atoms with E-state index in [9.17, 15) is 0 Å². The van der Waals surface area contributed by atoms with Gasteiger partial charge in [-0.05, 0) is 51.9 Å². The van der Waals surface area contributed by atoms with Gasteiger partial charge in [-0.3, -0.25) is 4.57 Å². The molecule has 0 aliphatic heterocycles. The largest absolute Gasteiger partial charge is 0.277 e. The minimum Gasteiger partial charge on any atom is -0.277 e. The molecule has 5 heteroatoms. The molecule has 0 spiro atoms. The summed E-state index contributed by atoms with van der Waals surface area (Å²) in [7, 11) is 0. The van der Waals surface area contributed by atoms with Crippen LogP contribution in [0.1, 0.15) is 0 Å². The number of rotatable bonds is 5. The molecule has 0 aliphatic carbocycles. The van der Waals surface area contributed by atoms with Crippen molar-refractivity contribution in [3.05, 3.63) is 182 Å². The Morgan fingerprint density at radius 1 is 0.370 bits per heavy atom. The van der Waals surface area contributed by atoms with Gasteiger partial charge in [0.15, 0.2) is 11.6 Å². The summed E-state index contributed by atoms with van der Waals surface area (Å²) in [5, 5.41) is 7.30. The van der Waals surface area contributed by atoms with Crippen molar-refractivity contribution >= 4 is 64.1 Å². The fourth-order valence-corrected chi connectivity index (χ4v) is 9.21. The summed E-state index contributed by atoms with van der Waals surface area (Å²) in [6, 6.07) is 64.3. The van der Waals surface area contributed by atoms with Crippen molar-refractivity contribution in [2.24, 2.45) is 0 Å². The van der Waals surface area contributed by atoms with Crippen LogP contribution in [0.25, 0.3) is 104 Å². The van der Waals surface area contributed by atoms with Crippen molar-refractivity contribution in [3.63, 3.8) is 0 Å². The van der Waals surface area contributed by atoms with E-state index in [4.69, 9.17) is 15.0 Å². The average Bonchev–Trinajstić information content (AvgIpc) is 3.81. The molecule has 0 saturated heterocycles. The van der Waals surface area contributed by atoms with Gasteiger partial charge in [-0.25, -0.2) is 4.98 Å². The Balaban J connectivity index is 1.31. The van der Waals surface area contributed by atoms with Gasteiger partial charge in [-0.2, -0.15) is 9.97 Å². The van der Waals surface area contributed by atoms with Gasteiger partial charge in [-0.1, -0.05) is 158 Å². The highest BCUT2D eigenvalue weighted by atomic mass is 32.1. The molecule has 3 aromatic heterocycles. The molecule has 0 unspecified atom stereocenters. The lowest BCUT2D eigenvalue weighted by molar-refractivity contribution is 0.955. The SMILES string of the molecule is c1ccc(-c2ccc3sc4c(c3c2)c2ccccc2c2c4c3cc(-c4ccccc4)ccc3n2-c2nc(-c3ccccc3)nc(-c3ccccc3)n2)cc1. The number of thiophene rings is 1. The van der Waals surface area contributed by atoms with Gasteiger partial charge in [0.05, 0.1) is 11.0 Å². The third kappa shape index (κ3) is 4.86. The first kappa shape index (κ1) is 30.7. The second-order valence-electron chi connectivity index (χ2n) is 13.6. The van der Waals surface area contributed by atoms with Crippen LogP contribution in [-0.4, -0.2) is 19.5 Å². The van der Waals surface area contributed by atoms with Crippen LogP contribution in [-0.2, 0) is 0 Å². The minimum atomic E-state index is 0.590. The molecular formula is C49H30N4S. The Hall–Kier alpha value is -6.95. The van der Waals surface area contributed by atoms with E-state index in [0.717, 1.165) is 27.5 Å². The predicted octanol–water partition coefficient (Wildman–Crippen LogP) is 13.2. The summed E-state index contributed by atoms with van der Waals surface area (Å²) in [4.78, 5) is 15.6. The third-order valence-electron chi connectivity index (χ3n) is 10.4. The van der Waals surface area contributed by atoms with Crippen LogP contribution in [0.15, 0.2) is 182 Å². The van der Waals surface area contributed by atoms with E-state index in [0.29, 0.717) is 17.6 Å². The van der Waals surface area contributed by atoms with E-state index < -0.39 is 0 Å². The number of hydrogen-bond donors (Lipinski definition) is 0. The van der Waals surface area contributed by atoms with Gasteiger partial charge in [0.2, 0.25) is 5.95 Å². The maximum absolute atomic E-state index is 5.27. The van der Waals surface area contributed by atoms with E-state index in [1.165, 1.54) is 58.6 Å². The fourth-order valence-electron chi connectivity index (χ4n) is 7.95. The molecule has 0 amide bonds. The molecule has 252 valence electrons.